The maximum Gasteiger partial charge on any atom is 0.273 e. The Morgan fingerprint density at radius 1 is 0.867 bits per heavy atom. The number of halogens is 1. The molecule has 0 bridgehead atoms. The number of para-hydroxylation sites is 1. The third-order valence-corrected chi connectivity index (χ3v) is 4.66. The van der Waals surface area contributed by atoms with Crippen molar-refractivity contribution >= 4 is 41.0 Å². The van der Waals surface area contributed by atoms with E-state index in [4.69, 9.17) is 11.6 Å². The number of hydrogen-bond donors (Lipinski definition) is 2. The van der Waals surface area contributed by atoms with E-state index in [-0.39, 0.29) is 5.56 Å². The van der Waals surface area contributed by atoms with Gasteiger partial charge in [-0.2, -0.15) is 5.10 Å². The lowest BCUT2D eigenvalue weighted by atomic mass is 10.1. The molecule has 0 aliphatic heterocycles. The lowest BCUT2D eigenvalue weighted by Crippen LogP contribution is -2.21. The molecule has 0 unspecified atom stereocenters. The predicted molar refractivity (Wildman–Crippen MR) is 122 cm³/mol. The SMILES string of the molecule is CN(C)c1ccc(C=NNC(=O)c2ccccc2NC(=O)c2ccccc2Cl)cc1. The van der Waals surface area contributed by atoms with Crippen molar-refractivity contribution in [3.63, 3.8) is 0 Å². The molecule has 0 fully saturated rings. The van der Waals surface area contributed by atoms with E-state index < -0.39 is 11.8 Å². The van der Waals surface area contributed by atoms with Crippen molar-refractivity contribution in [2.45, 2.75) is 0 Å². The number of nitrogens with one attached hydrogen (secondary N) is 2. The van der Waals surface area contributed by atoms with Crippen molar-refractivity contribution in [3.8, 4) is 0 Å². The fraction of sp³-hybridized carbons (Fsp3) is 0.0870. The van der Waals surface area contributed by atoms with Crippen LogP contribution in [0.2, 0.25) is 5.02 Å². The van der Waals surface area contributed by atoms with Crippen molar-refractivity contribution in [3.05, 3.63) is 94.5 Å². The molecule has 0 saturated heterocycles. The largest absolute Gasteiger partial charge is 0.378 e. The monoisotopic (exact) mass is 420 g/mol. The Morgan fingerprint density at radius 3 is 2.17 bits per heavy atom. The number of amides is 2. The van der Waals surface area contributed by atoms with Crippen LogP contribution in [0.5, 0.6) is 0 Å². The van der Waals surface area contributed by atoms with Gasteiger partial charge in [0.25, 0.3) is 11.8 Å². The van der Waals surface area contributed by atoms with Crippen LogP contribution in [0.3, 0.4) is 0 Å². The van der Waals surface area contributed by atoms with Gasteiger partial charge in [0.15, 0.2) is 0 Å². The van der Waals surface area contributed by atoms with Crippen LogP contribution in [-0.4, -0.2) is 32.1 Å². The Bertz CT molecular complexity index is 1080. The molecule has 3 aromatic rings. The Morgan fingerprint density at radius 2 is 1.50 bits per heavy atom. The van der Waals surface area contributed by atoms with Crippen molar-refractivity contribution in [1.29, 1.82) is 0 Å². The molecule has 0 saturated carbocycles. The van der Waals surface area contributed by atoms with Gasteiger partial charge in [-0.15, -0.1) is 0 Å². The zero-order valence-corrected chi connectivity index (χ0v) is 17.4. The summed E-state index contributed by atoms with van der Waals surface area (Å²) >= 11 is 6.08. The first-order valence-corrected chi connectivity index (χ1v) is 9.59. The van der Waals surface area contributed by atoms with Crippen molar-refractivity contribution in [2.24, 2.45) is 5.10 Å². The first-order chi connectivity index (χ1) is 14.5. The second-order valence-corrected chi connectivity index (χ2v) is 7.07. The van der Waals surface area contributed by atoms with E-state index in [1.807, 2.05) is 43.3 Å². The van der Waals surface area contributed by atoms with Gasteiger partial charge in [-0.25, -0.2) is 5.43 Å². The molecule has 0 aliphatic carbocycles. The van der Waals surface area contributed by atoms with Crippen LogP contribution in [-0.2, 0) is 0 Å². The van der Waals surface area contributed by atoms with Gasteiger partial charge < -0.3 is 10.2 Å². The van der Waals surface area contributed by atoms with E-state index >= 15 is 0 Å². The topological polar surface area (TPSA) is 73.8 Å². The third kappa shape index (κ3) is 5.24. The molecule has 3 aromatic carbocycles. The smallest absolute Gasteiger partial charge is 0.273 e. The minimum Gasteiger partial charge on any atom is -0.378 e. The molecule has 152 valence electrons. The van der Waals surface area contributed by atoms with Crippen LogP contribution >= 0.6 is 11.6 Å². The molecule has 0 aliphatic rings. The lowest BCUT2D eigenvalue weighted by Gasteiger charge is -2.11. The highest BCUT2D eigenvalue weighted by atomic mass is 35.5. The van der Waals surface area contributed by atoms with Gasteiger partial charge in [-0.3, -0.25) is 9.59 Å². The predicted octanol–water partition coefficient (Wildman–Crippen LogP) is 4.42. The van der Waals surface area contributed by atoms with E-state index in [0.717, 1.165) is 11.3 Å². The van der Waals surface area contributed by atoms with Crippen molar-refractivity contribution < 1.29 is 9.59 Å². The Labute approximate surface area is 180 Å². The summed E-state index contributed by atoms with van der Waals surface area (Å²) in [7, 11) is 3.93. The van der Waals surface area contributed by atoms with Gasteiger partial charge in [0.05, 0.1) is 28.1 Å². The number of hydrogen-bond acceptors (Lipinski definition) is 4. The Hall–Kier alpha value is -3.64. The van der Waals surface area contributed by atoms with E-state index in [9.17, 15) is 9.59 Å². The highest BCUT2D eigenvalue weighted by molar-refractivity contribution is 6.34. The first kappa shape index (κ1) is 21.1. The van der Waals surface area contributed by atoms with Crippen LogP contribution in [0.1, 0.15) is 26.3 Å². The minimum absolute atomic E-state index is 0.290. The third-order valence-electron chi connectivity index (χ3n) is 4.33. The summed E-state index contributed by atoms with van der Waals surface area (Å²) < 4.78 is 0. The molecule has 2 N–H and O–H groups in total. The van der Waals surface area contributed by atoms with Crippen LogP contribution in [0, 0.1) is 0 Å². The maximum atomic E-state index is 12.6. The molecule has 2 amide bonds. The quantitative estimate of drug-likeness (QED) is 0.458. The van der Waals surface area contributed by atoms with Crippen LogP contribution in [0.15, 0.2) is 77.9 Å². The molecular formula is C23H21ClN4O2. The number of rotatable bonds is 6. The molecule has 7 heteroatoms. The second-order valence-electron chi connectivity index (χ2n) is 6.66. The molecule has 0 aromatic heterocycles. The standard InChI is InChI=1S/C23H21ClN4O2/c1-28(2)17-13-11-16(12-14-17)15-25-27-23(30)19-8-4-6-10-21(19)26-22(29)18-7-3-5-9-20(18)24/h3-15H,1-2H3,(H,26,29)(H,27,30). The van der Waals surface area contributed by atoms with Gasteiger partial charge in [0.1, 0.15) is 0 Å². The number of carbonyl (C=O) groups excluding carboxylic acids is 2. The highest BCUT2D eigenvalue weighted by Gasteiger charge is 2.15. The summed E-state index contributed by atoms with van der Waals surface area (Å²) in [4.78, 5) is 27.1. The average Bonchev–Trinajstić information content (AvgIpc) is 2.74. The molecule has 30 heavy (non-hydrogen) atoms. The maximum absolute atomic E-state index is 12.6. The van der Waals surface area contributed by atoms with Gasteiger partial charge in [-0.05, 0) is 42.0 Å². The lowest BCUT2D eigenvalue weighted by molar-refractivity contribution is 0.0956. The molecular weight excluding hydrogens is 400 g/mol. The van der Waals surface area contributed by atoms with Crippen LogP contribution in [0.4, 0.5) is 11.4 Å². The van der Waals surface area contributed by atoms with Crippen molar-refractivity contribution in [1.82, 2.24) is 5.43 Å². The second kappa shape index (κ2) is 9.71. The Kier molecular flexibility index (Phi) is 6.83. The zero-order chi connectivity index (χ0) is 21.5. The van der Waals surface area contributed by atoms with E-state index in [1.165, 1.54) is 0 Å². The minimum atomic E-state index is -0.439. The average molecular weight is 421 g/mol. The zero-order valence-electron chi connectivity index (χ0n) is 16.6. The van der Waals surface area contributed by atoms with E-state index in [0.29, 0.717) is 16.3 Å². The molecule has 0 spiro atoms. The van der Waals surface area contributed by atoms with Gasteiger partial charge >= 0.3 is 0 Å². The van der Waals surface area contributed by atoms with Gasteiger partial charge in [-0.1, -0.05) is 48.0 Å². The molecule has 0 atom stereocenters. The summed E-state index contributed by atoms with van der Waals surface area (Å²) in [6.07, 6.45) is 1.56. The number of hydrazone groups is 1. The normalized spacial score (nSPS) is 10.6. The Balaban J connectivity index is 1.69. The van der Waals surface area contributed by atoms with Gasteiger partial charge in [0.2, 0.25) is 0 Å². The summed E-state index contributed by atoms with van der Waals surface area (Å²) in [5, 5.41) is 7.08. The highest BCUT2D eigenvalue weighted by Crippen LogP contribution is 2.20. The molecule has 0 heterocycles. The summed E-state index contributed by atoms with van der Waals surface area (Å²) in [6.45, 7) is 0. The number of nitrogens with zero attached hydrogens (tertiary/aromatic N) is 2. The fourth-order valence-corrected chi connectivity index (χ4v) is 2.93. The summed E-state index contributed by atoms with van der Waals surface area (Å²) in [5.74, 6) is -0.837. The van der Waals surface area contributed by atoms with E-state index in [2.05, 4.69) is 15.8 Å². The van der Waals surface area contributed by atoms with Crippen LogP contribution in [0.25, 0.3) is 0 Å². The van der Waals surface area contributed by atoms with E-state index in [1.54, 1.807) is 54.7 Å². The summed E-state index contributed by atoms with van der Waals surface area (Å²) in [5.41, 5.74) is 5.39. The first-order valence-electron chi connectivity index (χ1n) is 9.21. The van der Waals surface area contributed by atoms with Gasteiger partial charge in [0, 0.05) is 19.8 Å². The number of carbonyl (C=O) groups is 2. The van der Waals surface area contributed by atoms with Crippen LogP contribution < -0.4 is 15.6 Å². The summed E-state index contributed by atoms with van der Waals surface area (Å²) in [6, 6.07) is 21.1. The molecule has 6 nitrogen and oxygen atoms in total. The van der Waals surface area contributed by atoms with Crippen molar-refractivity contribution in [2.75, 3.05) is 24.3 Å². The fourth-order valence-electron chi connectivity index (χ4n) is 2.71. The molecule has 3 rings (SSSR count). The number of anilines is 2. The molecule has 0 radical (unpaired) electrons. The number of benzene rings is 3.